The van der Waals surface area contributed by atoms with Gasteiger partial charge in [-0.3, -0.25) is 4.79 Å². The number of aryl methyl sites for hydroxylation is 1. The largest absolute Gasteiger partial charge is 0.381 e. The Labute approximate surface area is 129 Å². The summed E-state index contributed by atoms with van der Waals surface area (Å²) in [7, 11) is 0. The summed E-state index contributed by atoms with van der Waals surface area (Å²) in [6.45, 7) is 3.70. The molecule has 0 saturated carbocycles. The molecule has 1 fully saturated rings. The molecule has 0 radical (unpaired) electrons. The molecule has 0 amide bonds. The molecule has 2 heterocycles. The van der Waals surface area contributed by atoms with Crippen LogP contribution in [0.25, 0.3) is 0 Å². The zero-order valence-corrected chi connectivity index (χ0v) is 13.6. The van der Waals surface area contributed by atoms with Crippen LogP contribution >= 0.6 is 24.4 Å². The monoisotopic (exact) mass is 314 g/mol. The minimum Gasteiger partial charge on any atom is -0.381 e. The molecule has 6 heteroatoms. The van der Waals surface area contributed by atoms with Gasteiger partial charge in [0.25, 0.3) is 5.56 Å². The molecule has 1 aliphatic rings. The van der Waals surface area contributed by atoms with E-state index < -0.39 is 0 Å². The Kier molecular flexibility index (Phi) is 5.99. The van der Waals surface area contributed by atoms with E-state index in [4.69, 9.17) is 4.74 Å². The Morgan fingerprint density at radius 2 is 2.25 bits per heavy atom. The molecular formula is C14H22N2O2S2. The summed E-state index contributed by atoms with van der Waals surface area (Å²) in [4.78, 5) is 19.0. The SMILES string of the molecule is CCCc1cc(=O)[nH]c(SCC2(CS)CCOCC2)n1. The topological polar surface area (TPSA) is 55.0 Å². The maximum atomic E-state index is 11.6. The lowest BCUT2D eigenvalue weighted by atomic mass is 9.84. The summed E-state index contributed by atoms with van der Waals surface area (Å²) in [5.74, 6) is 1.78. The number of thiol groups is 1. The van der Waals surface area contributed by atoms with Gasteiger partial charge in [-0.15, -0.1) is 0 Å². The van der Waals surface area contributed by atoms with E-state index in [9.17, 15) is 4.79 Å². The molecule has 4 nitrogen and oxygen atoms in total. The van der Waals surface area contributed by atoms with E-state index in [1.165, 1.54) is 0 Å². The predicted octanol–water partition coefficient (Wildman–Crippen LogP) is 2.54. The Hall–Kier alpha value is -0.460. The number of nitrogens with zero attached hydrogens (tertiary/aromatic N) is 1. The summed E-state index contributed by atoms with van der Waals surface area (Å²) < 4.78 is 5.43. The van der Waals surface area contributed by atoms with Crippen molar-refractivity contribution in [2.75, 3.05) is 24.7 Å². The van der Waals surface area contributed by atoms with E-state index in [2.05, 4.69) is 29.5 Å². The van der Waals surface area contributed by atoms with Crippen molar-refractivity contribution in [1.29, 1.82) is 0 Å². The van der Waals surface area contributed by atoms with Crippen LogP contribution in [0.1, 0.15) is 31.9 Å². The number of aromatic nitrogens is 2. The fraction of sp³-hybridized carbons (Fsp3) is 0.714. The van der Waals surface area contributed by atoms with E-state index in [1.807, 2.05) is 0 Å². The van der Waals surface area contributed by atoms with Crippen molar-refractivity contribution in [3.8, 4) is 0 Å². The normalized spacial score (nSPS) is 18.1. The highest BCUT2D eigenvalue weighted by atomic mass is 32.2. The number of rotatable bonds is 6. The zero-order chi connectivity index (χ0) is 14.4. The highest BCUT2D eigenvalue weighted by molar-refractivity contribution is 7.99. The third-order valence-electron chi connectivity index (χ3n) is 3.68. The lowest BCUT2D eigenvalue weighted by Gasteiger charge is -2.35. The first-order valence-electron chi connectivity index (χ1n) is 7.09. The summed E-state index contributed by atoms with van der Waals surface area (Å²) >= 11 is 6.14. The molecule has 1 aromatic rings. The highest BCUT2D eigenvalue weighted by Crippen LogP contribution is 2.36. The maximum Gasteiger partial charge on any atom is 0.251 e. The smallest absolute Gasteiger partial charge is 0.251 e. The van der Waals surface area contributed by atoms with Gasteiger partial charge in [-0.2, -0.15) is 12.6 Å². The van der Waals surface area contributed by atoms with Crippen molar-refractivity contribution < 1.29 is 4.74 Å². The van der Waals surface area contributed by atoms with Gasteiger partial charge < -0.3 is 9.72 Å². The van der Waals surface area contributed by atoms with Gasteiger partial charge in [0.1, 0.15) is 0 Å². The van der Waals surface area contributed by atoms with Crippen molar-refractivity contribution in [2.24, 2.45) is 5.41 Å². The fourth-order valence-corrected chi connectivity index (χ4v) is 4.08. The second kappa shape index (κ2) is 7.52. The molecule has 0 atom stereocenters. The highest BCUT2D eigenvalue weighted by Gasteiger charge is 2.31. The summed E-state index contributed by atoms with van der Waals surface area (Å²) in [6.07, 6.45) is 3.91. The summed E-state index contributed by atoms with van der Waals surface area (Å²) in [5.41, 5.74) is 1.02. The van der Waals surface area contributed by atoms with E-state index in [0.29, 0.717) is 0 Å². The third kappa shape index (κ3) is 4.27. The van der Waals surface area contributed by atoms with E-state index in [0.717, 1.165) is 61.3 Å². The van der Waals surface area contributed by atoms with Gasteiger partial charge in [0, 0.05) is 30.7 Å². The average Bonchev–Trinajstić information content (AvgIpc) is 2.46. The van der Waals surface area contributed by atoms with Gasteiger partial charge in [0.15, 0.2) is 5.16 Å². The first-order chi connectivity index (χ1) is 9.67. The van der Waals surface area contributed by atoms with Gasteiger partial charge in [-0.05, 0) is 30.4 Å². The molecule has 1 aliphatic heterocycles. The predicted molar refractivity (Wildman–Crippen MR) is 85.9 cm³/mol. The second-order valence-electron chi connectivity index (χ2n) is 5.35. The van der Waals surface area contributed by atoms with Gasteiger partial charge in [0.05, 0.1) is 0 Å². The summed E-state index contributed by atoms with van der Waals surface area (Å²) in [5, 5.41) is 0.730. The van der Waals surface area contributed by atoms with Crippen LogP contribution < -0.4 is 5.56 Å². The molecule has 112 valence electrons. The molecule has 20 heavy (non-hydrogen) atoms. The number of hydrogen-bond donors (Lipinski definition) is 2. The van der Waals surface area contributed by atoms with Gasteiger partial charge >= 0.3 is 0 Å². The number of nitrogens with one attached hydrogen (secondary N) is 1. The van der Waals surface area contributed by atoms with Crippen LogP contribution in [0.15, 0.2) is 16.0 Å². The number of thioether (sulfide) groups is 1. The minimum atomic E-state index is -0.0575. The number of ether oxygens (including phenoxy) is 1. The number of aromatic amines is 1. The van der Waals surface area contributed by atoms with Crippen LogP contribution in [-0.2, 0) is 11.2 Å². The van der Waals surface area contributed by atoms with Crippen molar-refractivity contribution in [2.45, 2.75) is 37.8 Å². The van der Waals surface area contributed by atoms with Crippen LogP contribution in [0, 0.1) is 5.41 Å². The van der Waals surface area contributed by atoms with Crippen LogP contribution in [0.5, 0.6) is 0 Å². The Bertz CT molecular complexity index is 484. The van der Waals surface area contributed by atoms with Crippen molar-refractivity contribution in [3.63, 3.8) is 0 Å². The van der Waals surface area contributed by atoms with Gasteiger partial charge in [-0.25, -0.2) is 4.98 Å². The standard InChI is InChI=1S/C14H22N2O2S2/c1-2-3-11-8-12(17)16-13(15-11)20-10-14(9-19)4-6-18-7-5-14/h8,19H,2-7,9-10H2,1H3,(H,15,16,17). The second-order valence-corrected chi connectivity index (χ2v) is 6.63. The third-order valence-corrected chi connectivity index (χ3v) is 5.58. The first-order valence-corrected chi connectivity index (χ1v) is 8.71. The Balaban J connectivity index is 2.03. The molecular weight excluding hydrogens is 292 g/mol. The van der Waals surface area contributed by atoms with Crippen LogP contribution in [0.2, 0.25) is 0 Å². The van der Waals surface area contributed by atoms with Crippen LogP contribution in [0.3, 0.4) is 0 Å². The maximum absolute atomic E-state index is 11.6. The lowest BCUT2D eigenvalue weighted by molar-refractivity contribution is 0.0371. The number of H-pyrrole nitrogens is 1. The minimum absolute atomic E-state index is 0.0575. The quantitative estimate of drug-likeness (QED) is 0.481. The van der Waals surface area contributed by atoms with E-state index in [-0.39, 0.29) is 11.0 Å². The van der Waals surface area contributed by atoms with E-state index in [1.54, 1.807) is 17.8 Å². The fourth-order valence-electron chi connectivity index (χ4n) is 2.31. The molecule has 0 bridgehead atoms. The summed E-state index contributed by atoms with van der Waals surface area (Å²) in [6, 6.07) is 1.59. The zero-order valence-electron chi connectivity index (χ0n) is 11.9. The molecule has 1 N–H and O–H groups in total. The lowest BCUT2D eigenvalue weighted by Crippen LogP contribution is -2.33. The molecule has 0 aliphatic carbocycles. The Morgan fingerprint density at radius 3 is 2.90 bits per heavy atom. The molecule has 0 aromatic carbocycles. The average molecular weight is 314 g/mol. The van der Waals surface area contributed by atoms with Gasteiger partial charge in [-0.1, -0.05) is 25.1 Å². The van der Waals surface area contributed by atoms with Crippen LogP contribution in [0.4, 0.5) is 0 Å². The van der Waals surface area contributed by atoms with Gasteiger partial charge in [0.2, 0.25) is 0 Å². The number of hydrogen-bond acceptors (Lipinski definition) is 5. The first kappa shape index (κ1) is 15.9. The van der Waals surface area contributed by atoms with Crippen molar-refractivity contribution in [3.05, 3.63) is 22.1 Å². The van der Waals surface area contributed by atoms with Crippen LogP contribution in [-0.4, -0.2) is 34.7 Å². The van der Waals surface area contributed by atoms with Crippen molar-refractivity contribution >= 4 is 24.4 Å². The molecule has 2 rings (SSSR count). The Morgan fingerprint density at radius 1 is 1.50 bits per heavy atom. The molecule has 1 aromatic heterocycles. The molecule has 1 saturated heterocycles. The molecule has 0 unspecified atom stereocenters. The van der Waals surface area contributed by atoms with E-state index >= 15 is 0 Å². The van der Waals surface area contributed by atoms with Crippen molar-refractivity contribution in [1.82, 2.24) is 9.97 Å². The molecule has 0 spiro atoms.